The van der Waals surface area contributed by atoms with Crippen LogP contribution in [0.5, 0.6) is 0 Å². The SMILES string of the molecule is Nc1ccc(C#CCC=O)c(C(F)(F)F)n1. The van der Waals surface area contributed by atoms with Gasteiger partial charge in [0.25, 0.3) is 0 Å². The highest BCUT2D eigenvalue weighted by molar-refractivity contribution is 5.55. The number of aromatic nitrogens is 1. The summed E-state index contributed by atoms with van der Waals surface area (Å²) in [6.45, 7) is 0. The number of hydrogen-bond donors (Lipinski definition) is 1. The maximum Gasteiger partial charge on any atom is 0.434 e. The average molecular weight is 228 g/mol. The molecule has 0 amide bonds. The van der Waals surface area contributed by atoms with E-state index in [4.69, 9.17) is 5.73 Å². The van der Waals surface area contributed by atoms with Crippen molar-refractivity contribution in [2.45, 2.75) is 12.6 Å². The van der Waals surface area contributed by atoms with Crippen LogP contribution in [0.1, 0.15) is 17.7 Å². The summed E-state index contributed by atoms with van der Waals surface area (Å²) in [6.07, 6.45) is -4.23. The zero-order valence-corrected chi connectivity index (χ0v) is 8.01. The molecule has 0 saturated carbocycles. The Balaban J connectivity index is 3.20. The van der Waals surface area contributed by atoms with E-state index in [2.05, 4.69) is 16.8 Å². The van der Waals surface area contributed by atoms with Crippen LogP contribution in [0.4, 0.5) is 19.0 Å². The molecule has 16 heavy (non-hydrogen) atoms. The smallest absolute Gasteiger partial charge is 0.384 e. The molecule has 0 aliphatic carbocycles. The van der Waals surface area contributed by atoms with Gasteiger partial charge in [-0.3, -0.25) is 0 Å². The third-order valence-corrected chi connectivity index (χ3v) is 1.59. The second-order valence-electron chi connectivity index (χ2n) is 2.80. The first-order chi connectivity index (χ1) is 7.45. The molecule has 1 heterocycles. The van der Waals surface area contributed by atoms with Crippen molar-refractivity contribution in [3.63, 3.8) is 0 Å². The number of carbonyl (C=O) groups excluding carboxylic acids is 1. The Bertz CT molecular complexity index is 457. The first-order valence-electron chi connectivity index (χ1n) is 4.21. The minimum atomic E-state index is -4.61. The molecule has 1 aromatic heterocycles. The number of alkyl halides is 3. The van der Waals surface area contributed by atoms with Gasteiger partial charge >= 0.3 is 6.18 Å². The van der Waals surface area contributed by atoms with E-state index in [0.29, 0.717) is 6.29 Å². The van der Waals surface area contributed by atoms with Gasteiger partial charge < -0.3 is 10.5 Å². The van der Waals surface area contributed by atoms with Crippen molar-refractivity contribution in [2.24, 2.45) is 0 Å². The van der Waals surface area contributed by atoms with E-state index in [-0.39, 0.29) is 17.8 Å². The van der Waals surface area contributed by atoms with Gasteiger partial charge in [0.15, 0.2) is 5.69 Å². The minimum absolute atomic E-state index is 0.123. The molecule has 84 valence electrons. The molecule has 0 saturated heterocycles. The molecular weight excluding hydrogens is 221 g/mol. The van der Waals surface area contributed by atoms with Crippen LogP contribution >= 0.6 is 0 Å². The van der Waals surface area contributed by atoms with Gasteiger partial charge in [0, 0.05) is 0 Å². The number of anilines is 1. The predicted molar refractivity (Wildman–Crippen MR) is 51.2 cm³/mol. The third kappa shape index (κ3) is 2.98. The van der Waals surface area contributed by atoms with Gasteiger partial charge in [0.05, 0.1) is 12.0 Å². The van der Waals surface area contributed by atoms with E-state index in [1.54, 1.807) is 0 Å². The highest BCUT2D eigenvalue weighted by Crippen LogP contribution is 2.30. The molecule has 0 unspecified atom stereocenters. The Kier molecular flexibility index (Phi) is 3.51. The van der Waals surface area contributed by atoms with Crippen LogP contribution in [-0.4, -0.2) is 11.3 Å². The normalized spacial score (nSPS) is 10.4. The third-order valence-electron chi connectivity index (χ3n) is 1.59. The second-order valence-corrected chi connectivity index (χ2v) is 2.80. The summed E-state index contributed by atoms with van der Waals surface area (Å²) in [7, 11) is 0. The minimum Gasteiger partial charge on any atom is -0.384 e. The van der Waals surface area contributed by atoms with Crippen molar-refractivity contribution in [3.8, 4) is 11.8 Å². The molecule has 0 radical (unpaired) electrons. The van der Waals surface area contributed by atoms with Crippen LogP contribution in [0.25, 0.3) is 0 Å². The average Bonchev–Trinajstić information content (AvgIpc) is 2.19. The molecular formula is C10H7F3N2O. The van der Waals surface area contributed by atoms with E-state index in [1.165, 1.54) is 6.07 Å². The second kappa shape index (κ2) is 4.66. The Hall–Kier alpha value is -2.03. The lowest BCUT2D eigenvalue weighted by Gasteiger charge is -2.08. The lowest BCUT2D eigenvalue weighted by atomic mass is 10.2. The Morgan fingerprint density at radius 3 is 2.69 bits per heavy atom. The molecule has 0 spiro atoms. The molecule has 0 aromatic carbocycles. The monoisotopic (exact) mass is 228 g/mol. The van der Waals surface area contributed by atoms with Gasteiger partial charge in [-0.2, -0.15) is 13.2 Å². The number of halogens is 3. The van der Waals surface area contributed by atoms with Gasteiger partial charge in [0.2, 0.25) is 0 Å². The van der Waals surface area contributed by atoms with E-state index in [1.807, 2.05) is 0 Å². The van der Waals surface area contributed by atoms with E-state index >= 15 is 0 Å². The van der Waals surface area contributed by atoms with E-state index < -0.39 is 11.9 Å². The molecule has 0 aliphatic rings. The van der Waals surface area contributed by atoms with E-state index in [9.17, 15) is 18.0 Å². The van der Waals surface area contributed by atoms with Crippen molar-refractivity contribution < 1.29 is 18.0 Å². The number of aldehydes is 1. The topological polar surface area (TPSA) is 56.0 Å². The summed E-state index contributed by atoms with van der Waals surface area (Å²) >= 11 is 0. The van der Waals surface area contributed by atoms with Crippen molar-refractivity contribution in [1.82, 2.24) is 4.98 Å². The highest BCUT2D eigenvalue weighted by Gasteiger charge is 2.35. The highest BCUT2D eigenvalue weighted by atomic mass is 19.4. The van der Waals surface area contributed by atoms with Gasteiger partial charge in [-0.05, 0) is 12.1 Å². The van der Waals surface area contributed by atoms with Crippen LogP contribution < -0.4 is 5.73 Å². The molecule has 1 aromatic rings. The first-order valence-corrected chi connectivity index (χ1v) is 4.21. The summed E-state index contributed by atoms with van der Waals surface area (Å²) in [5.41, 5.74) is 3.74. The lowest BCUT2D eigenvalue weighted by molar-refractivity contribution is -0.141. The molecule has 2 N–H and O–H groups in total. The molecule has 0 bridgehead atoms. The molecule has 0 fully saturated rings. The fraction of sp³-hybridized carbons (Fsp3) is 0.200. The summed E-state index contributed by atoms with van der Waals surface area (Å²) in [5, 5.41) is 0. The molecule has 0 atom stereocenters. The van der Waals surface area contributed by atoms with Crippen molar-refractivity contribution in [2.75, 3.05) is 5.73 Å². The maximum absolute atomic E-state index is 12.5. The quantitative estimate of drug-likeness (QED) is 0.587. The Morgan fingerprint density at radius 1 is 1.44 bits per heavy atom. The number of nitrogens with zero attached hydrogens (tertiary/aromatic N) is 1. The fourth-order valence-electron chi connectivity index (χ4n) is 0.979. The van der Waals surface area contributed by atoms with E-state index in [0.717, 1.165) is 6.07 Å². The molecule has 3 nitrogen and oxygen atoms in total. The van der Waals surface area contributed by atoms with Gasteiger partial charge in [-0.25, -0.2) is 4.98 Å². The molecule has 1 rings (SSSR count). The summed E-state index contributed by atoms with van der Waals surface area (Å²) in [5.74, 6) is 4.28. The summed E-state index contributed by atoms with van der Waals surface area (Å²) in [4.78, 5) is 13.2. The number of nitrogens with two attached hydrogens (primary N) is 1. The summed E-state index contributed by atoms with van der Waals surface area (Å²) < 4.78 is 37.4. The number of nitrogen functional groups attached to an aromatic ring is 1. The van der Waals surface area contributed by atoms with Gasteiger partial charge in [-0.1, -0.05) is 11.8 Å². The van der Waals surface area contributed by atoms with Gasteiger partial charge in [-0.15, -0.1) is 0 Å². The number of pyridine rings is 1. The van der Waals surface area contributed by atoms with Crippen LogP contribution in [0, 0.1) is 11.8 Å². The van der Waals surface area contributed by atoms with Gasteiger partial charge in [0.1, 0.15) is 12.1 Å². The van der Waals surface area contributed by atoms with Crippen LogP contribution in [0.15, 0.2) is 12.1 Å². The van der Waals surface area contributed by atoms with Crippen molar-refractivity contribution in [3.05, 3.63) is 23.4 Å². The van der Waals surface area contributed by atoms with Crippen LogP contribution in [0.2, 0.25) is 0 Å². The fourth-order valence-corrected chi connectivity index (χ4v) is 0.979. The zero-order valence-electron chi connectivity index (χ0n) is 8.01. The van der Waals surface area contributed by atoms with Crippen LogP contribution in [-0.2, 0) is 11.0 Å². The lowest BCUT2D eigenvalue weighted by Crippen LogP contribution is -2.12. The Morgan fingerprint density at radius 2 is 2.12 bits per heavy atom. The number of carbonyl (C=O) groups is 1. The van der Waals surface area contributed by atoms with Crippen molar-refractivity contribution in [1.29, 1.82) is 0 Å². The number of hydrogen-bond acceptors (Lipinski definition) is 3. The first kappa shape index (κ1) is 12.0. The Labute approximate surface area is 89.5 Å². The van der Waals surface area contributed by atoms with Crippen LogP contribution in [0.3, 0.4) is 0 Å². The zero-order chi connectivity index (χ0) is 12.2. The predicted octanol–water partition coefficient (Wildman–Crippen LogP) is 1.62. The number of rotatable bonds is 1. The standard InChI is InChI=1S/C10H7F3N2O/c11-10(12,13)9-7(3-1-2-6-16)4-5-8(14)15-9/h4-6H,2H2,(H2,14,15). The maximum atomic E-state index is 12.5. The largest absolute Gasteiger partial charge is 0.434 e. The molecule has 6 heteroatoms. The van der Waals surface area contributed by atoms with Crippen molar-refractivity contribution >= 4 is 12.1 Å². The summed E-state index contributed by atoms with van der Waals surface area (Å²) in [6, 6.07) is 2.35. The molecule has 0 aliphatic heterocycles.